The van der Waals surface area contributed by atoms with Gasteiger partial charge in [0.25, 0.3) is 0 Å². The number of para-hydroxylation sites is 2. The molecule has 0 N–H and O–H groups in total. The second-order valence-electron chi connectivity index (χ2n) is 9.24. The minimum atomic E-state index is 1.18. The molecular formula is C32H24N2. The average molecular weight is 437 g/mol. The number of aryl methyl sites for hydroxylation is 2. The molecule has 0 atom stereocenters. The Labute approximate surface area is 198 Å². The lowest BCUT2D eigenvalue weighted by molar-refractivity contribution is 1.17. The number of nitrogens with zero attached hydrogens (tertiary/aromatic N) is 2. The summed E-state index contributed by atoms with van der Waals surface area (Å²) in [6.07, 6.45) is 0. The second-order valence-corrected chi connectivity index (χ2v) is 9.24. The number of hydrogen-bond acceptors (Lipinski definition) is 0. The predicted octanol–water partition coefficient (Wildman–Crippen LogP) is 8.50. The monoisotopic (exact) mass is 436 g/mol. The molecule has 0 amide bonds. The maximum atomic E-state index is 2.45. The molecule has 0 unspecified atom stereocenters. The molecule has 0 aliphatic rings. The van der Waals surface area contributed by atoms with Gasteiger partial charge in [-0.3, -0.25) is 0 Å². The van der Waals surface area contributed by atoms with E-state index in [1.807, 2.05) is 0 Å². The van der Waals surface area contributed by atoms with E-state index < -0.39 is 0 Å². The van der Waals surface area contributed by atoms with Gasteiger partial charge in [-0.2, -0.15) is 0 Å². The molecule has 162 valence electrons. The Hall–Kier alpha value is -4.30. The molecule has 7 rings (SSSR count). The topological polar surface area (TPSA) is 9.86 Å². The molecule has 2 aromatic heterocycles. The van der Waals surface area contributed by atoms with Crippen molar-refractivity contribution in [2.45, 2.75) is 13.8 Å². The Balaban J connectivity index is 1.78. The van der Waals surface area contributed by atoms with Crippen molar-refractivity contribution >= 4 is 43.6 Å². The average Bonchev–Trinajstić information content (AvgIpc) is 3.37. The molecule has 2 heteroatoms. The lowest BCUT2D eigenvalue weighted by Gasteiger charge is -2.10. The van der Waals surface area contributed by atoms with E-state index in [1.54, 1.807) is 0 Å². The summed E-state index contributed by atoms with van der Waals surface area (Å²) in [4.78, 5) is 0. The van der Waals surface area contributed by atoms with Gasteiger partial charge in [-0.05, 0) is 68.4 Å². The summed E-state index contributed by atoms with van der Waals surface area (Å²) < 4.78 is 4.85. The van der Waals surface area contributed by atoms with Gasteiger partial charge in [0.15, 0.2) is 0 Å². The van der Waals surface area contributed by atoms with Gasteiger partial charge in [-0.15, -0.1) is 0 Å². The largest absolute Gasteiger partial charge is 0.309 e. The summed E-state index contributed by atoms with van der Waals surface area (Å²) in [5.41, 5.74) is 9.91. The number of benzene rings is 5. The first-order valence-electron chi connectivity index (χ1n) is 11.8. The van der Waals surface area contributed by atoms with Gasteiger partial charge < -0.3 is 9.13 Å². The van der Waals surface area contributed by atoms with Crippen LogP contribution in [0.25, 0.3) is 55.0 Å². The van der Waals surface area contributed by atoms with E-state index in [0.29, 0.717) is 0 Å². The van der Waals surface area contributed by atoms with Crippen molar-refractivity contribution in [3.8, 4) is 11.4 Å². The lowest BCUT2D eigenvalue weighted by Crippen LogP contribution is -1.95. The van der Waals surface area contributed by atoms with Crippen LogP contribution in [0.4, 0.5) is 0 Å². The van der Waals surface area contributed by atoms with E-state index in [-0.39, 0.29) is 0 Å². The number of rotatable bonds is 2. The van der Waals surface area contributed by atoms with Crippen LogP contribution in [0.3, 0.4) is 0 Å². The fourth-order valence-corrected chi connectivity index (χ4v) is 5.54. The van der Waals surface area contributed by atoms with Gasteiger partial charge in [0.2, 0.25) is 0 Å². The SMILES string of the molecule is Cc1ccc2c(c1)c1c(ccc3c4cc(C)ccc4n(-c4ccccc4)c31)n2-c1ccccc1. The molecule has 5 aromatic carbocycles. The zero-order valence-electron chi connectivity index (χ0n) is 19.3. The predicted molar refractivity (Wildman–Crippen MR) is 145 cm³/mol. The minimum absolute atomic E-state index is 1.18. The van der Waals surface area contributed by atoms with Gasteiger partial charge in [0, 0.05) is 32.9 Å². The Kier molecular flexibility index (Phi) is 4.01. The third-order valence-corrected chi connectivity index (χ3v) is 6.99. The molecular weight excluding hydrogens is 412 g/mol. The Bertz CT molecular complexity index is 1850. The molecule has 0 saturated heterocycles. The molecule has 0 aliphatic heterocycles. The zero-order valence-corrected chi connectivity index (χ0v) is 19.3. The van der Waals surface area contributed by atoms with Crippen LogP contribution in [0.2, 0.25) is 0 Å². The first kappa shape index (κ1) is 19.2. The molecule has 2 heterocycles. The van der Waals surface area contributed by atoms with Gasteiger partial charge in [-0.1, -0.05) is 65.7 Å². The standard InChI is InChI=1S/C32H24N2/c1-21-13-16-28-26(19-21)25-15-18-30-31(32(25)34(28)24-11-7-4-8-12-24)27-20-22(2)14-17-29(27)33(30)23-9-5-3-6-10-23/h3-20H,1-2H3. The maximum absolute atomic E-state index is 2.45. The first-order chi connectivity index (χ1) is 16.7. The highest BCUT2D eigenvalue weighted by Gasteiger charge is 2.20. The summed E-state index contributed by atoms with van der Waals surface area (Å²) in [5.74, 6) is 0. The van der Waals surface area contributed by atoms with Crippen molar-refractivity contribution in [3.63, 3.8) is 0 Å². The Morgan fingerprint density at radius 3 is 1.62 bits per heavy atom. The highest BCUT2D eigenvalue weighted by Crippen LogP contribution is 2.42. The smallest absolute Gasteiger partial charge is 0.0641 e. The fraction of sp³-hybridized carbons (Fsp3) is 0.0625. The molecule has 2 nitrogen and oxygen atoms in total. The van der Waals surface area contributed by atoms with Crippen LogP contribution >= 0.6 is 0 Å². The normalized spacial score (nSPS) is 11.8. The van der Waals surface area contributed by atoms with Crippen LogP contribution in [-0.2, 0) is 0 Å². The summed E-state index contributed by atoms with van der Waals surface area (Å²) >= 11 is 0. The second kappa shape index (κ2) is 7.10. The van der Waals surface area contributed by atoms with E-state index in [0.717, 1.165) is 0 Å². The zero-order chi connectivity index (χ0) is 22.8. The highest BCUT2D eigenvalue weighted by molar-refractivity contribution is 6.26. The van der Waals surface area contributed by atoms with Crippen molar-refractivity contribution in [2.75, 3.05) is 0 Å². The van der Waals surface area contributed by atoms with Gasteiger partial charge in [0.05, 0.1) is 22.1 Å². The van der Waals surface area contributed by atoms with Crippen molar-refractivity contribution < 1.29 is 0 Å². The first-order valence-corrected chi connectivity index (χ1v) is 11.8. The van der Waals surface area contributed by atoms with E-state index in [1.165, 1.54) is 66.1 Å². The minimum Gasteiger partial charge on any atom is -0.309 e. The molecule has 34 heavy (non-hydrogen) atoms. The Morgan fingerprint density at radius 2 is 0.971 bits per heavy atom. The maximum Gasteiger partial charge on any atom is 0.0641 e. The van der Waals surface area contributed by atoms with Crippen molar-refractivity contribution in [2.24, 2.45) is 0 Å². The number of aromatic nitrogens is 2. The van der Waals surface area contributed by atoms with Crippen molar-refractivity contribution in [3.05, 3.63) is 120 Å². The van der Waals surface area contributed by atoms with Crippen LogP contribution in [0.15, 0.2) is 109 Å². The summed E-state index contributed by atoms with van der Waals surface area (Å²) in [6, 6.07) is 39.7. The lowest BCUT2D eigenvalue weighted by atomic mass is 10.1. The number of fused-ring (bicyclic) bond motifs is 7. The molecule has 0 fully saturated rings. The van der Waals surface area contributed by atoms with E-state index in [9.17, 15) is 0 Å². The molecule has 0 aliphatic carbocycles. The molecule has 0 saturated carbocycles. The van der Waals surface area contributed by atoms with Crippen LogP contribution < -0.4 is 0 Å². The van der Waals surface area contributed by atoms with Crippen molar-refractivity contribution in [1.82, 2.24) is 9.13 Å². The van der Waals surface area contributed by atoms with Crippen molar-refractivity contribution in [1.29, 1.82) is 0 Å². The molecule has 0 radical (unpaired) electrons. The molecule has 0 bridgehead atoms. The van der Waals surface area contributed by atoms with Gasteiger partial charge in [-0.25, -0.2) is 0 Å². The van der Waals surface area contributed by atoms with E-state index in [2.05, 4.69) is 132 Å². The van der Waals surface area contributed by atoms with Crippen LogP contribution in [0.1, 0.15) is 11.1 Å². The molecule has 7 aromatic rings. The van der Waals surface area contributed by atoms with Crippen LogP contribution in [0.5, 0.6) is 0 Å². The quantitative estimate of drug-likeness (QED) is 0.257. The van der Waals surface area contributed by atoms with E-state index in [4.69, 9.17) is 0 Å². The number of hydrogen-bond donors (Lipinski definition) is 0. The van der Waals surface area contributed by atoms with Crippen LogP contribution in [0, 0.1) is 13.8 Å². The molecule has 0 spiro atoms. The summed E-state index contributed by atoms with van der Waals surface area (Å²) in [6.45, 7) is 4.36. The van der Waals surface area contributed by atoms with E-state index >= 15 is 0 Å². The third kappa shape index (κ3) is 2.63. The van der Waals surface area contributed by atoms with Gasteiger partial charge in [0.1, 0.15) is 0 Å². The third-order valence-electron chi connectivity index (χ3n) is 6.99. The van der Waals surface area contributed by atoms with Crippen LogP contribution in [-0.4, -0.2) is 9.13 Å². The fourth-order valence-electron chi connectivity index (χ4n) is 5.54. The summed E-state index contributed by atoms with van der Waals surface area (Å²) in [5, 5.41) is 5.19. The van der Waals surface area contributed by atoms with Gasteiger partial charge >= 0.3 is 0 Å². The highest BCUT2D eigenvalue weighted by atomic mass is 15.0. The Morgan fingerprint density at radius 1 is 0.441 bits per heavy atom. The summed E-state index contributed by atoms with van der Waals surface area (Å²) in [7, 11) is 0.